The molecular weight excluding hydrogens is 464 g/mol. The molecule has 0 fully saturated rings. The lowest BCUT2D eigenvalue weighted by Gasteiger charge is -2.29. The summed E-state index contributed by atoms with van der Waals surface area (Å²) in [5.74, 6) is 1.55. The first kappa shape index (κ1) is 25.1. The van der Waals surface area contributed by atoms with E-state index in [2.05, 4.69) is 25.4 Å². The van der Waals surface area contributed by atoms with Crippen molar-refractivity contribution >= 4 is 16.9 Å². The zero-order chi connectivity index (χ0) is 25.5. The third-order valence-electron chi connectivity index (χ3n) is 5.79. The van der Waals surface area contributed by atoms with Gasteiger partial charge in [0.2, 0.25) is 0 Å². The van der Waals surface area contributed by atoms with Gasteiger partial charge < -0.3 is 18.9 Å². The van der Waals surface area contributed by atoms with Crippen LogP contribution in [0.1, 0.15) is 50.4 Å². The molecule has 3 heterocycles. The SMILES string of the molecule is CCOC(=O)Cn1nnnc1[C@@H](CC)N(Cc1ccco1)Cc1cc2cc(OCC)ccc2[nH]c1=O. The van der Waals surface area contributed by atoms with Gasteiger partial charge in [0.15, 0.2) is 5.82 Å². The number of hydrogen-bond acceptors (Lipinski definition) is 9. The second-order valence-corrected chi connectivity index (χ2v) is 8.21. The minimum Gasteiger partial charge on any atom is -0.494 e. The number of pyridine rings is 1. The highest BCUT2D eigenvalue weighted by Gasteiger charge is 2.27. The molecule has 1 atom stereocenters. The van der Waals surface area contributed by atoms with Gasteiger partial charge in [-0.1, -0.05) is 6.92 Å². The smallest absolute Gasteiger partial charge is 0.327 e. The summed E-state index contributed by atoms with van der Waals surface area (Å²) in [5.41, 5.74) is 1.12. The van der Waals surface area contributed by atoms with Crippen LogP contribution in [0.15, 0.2) is 51.9 Å². The normalized spacial score (nSPS) is 12.2. The number of hydrogen-bond donors (Lipinski definition) is 1. The number of carbonyl (C=O) groups excluding carboxylic acids is 1. The lowest BCUT2D eigenvalue weighted by Crippen LogP contribution is -2.32. The molecule has 0 spiro atoms. The van der Waals surface area contributed by atoms with Crippen LogP contribution >= 0.6 is 0 Å². The topological polar surface area (TPSA) is 128 Å². The van der Waals surface area contributed by atoms with Crippen molar-refractivity contribution < 1.29 is 18.7 Å². The van der Waals surface area contributed by atoms with Gasteiger partial charge in [-0.15, -0.1) is 5.10 Å². The van der Waals surface area contributed by atoms with E-state index in [1.54, 1.807) is 13.2 Å². The molecule has 11 heteroatoms. The summed E-state index contributed by atoms with van der Waals surface area (Å²) < 4.78 is 17.7. The molecule has 0 saturated carbocycles. The van der Waals surface area contributed by atoms with Crippen LogP contribution in [0.2, 0.25) is 0 Å². The van der Waals surface area contributed by atoms with Crippen LogP contribution in [0.3, 0.4) is 0 Å². The number of carbonyl (C=O) groups is 1. The van der Waals surface area contributed by atoms with E-state index < -0.39 is 5.97 Å². The summed E-state index contributed by atoms with van der Waals surface area (Å²) >= 11 is 0. The maximum Gasteiger partial charge on any atom is 0.327 e. The summed E-state index contributed by atoms with van der Waals surface area (Å²) in [7, 11) is 0. The number of ether oxygens (including phenoxy) is 2. The minimum atomic E-state index is -0.422. The Morgan fingerprint density at radius 2 is 2.03 bits per heavy atom. The number of H-pyrrole nitrogens is 1. The second-order valence-electron chi connectivity index (χ2n) is 8.21. The van der Waals surface area contributed by atoms with Gasteiger partial charge in [0.25, 0.3) is 5.56 Å². The van der Waals surface area contributed by atoms with Crippen LogP contribution in [-0.4, -0.2) is 49.3 Å². The summed E-state index contributed by atoms with van der Waals surface area (Å²) in [6, 6.07) is 10.8. The number of nitrogens with zero attached hydrogens (tertiary/aromatic N) is 5. The maximum atomic E-state index is 13.0. The fourth-order valence-corrected chi connectivity index (χ4v) is 4.20. The van der Waals surface area contributed by atoms with Crippen molar-refractivity contribution in [3.8, 4) is 5.75 Å². The highest BCUT2D eigenvalue weighted by atomic mass is 16.5. The highest BCUT2D eigenvalue weighted by Crippen LogP contribution is 2.27. The number of nitrogens with one attached hydrogen (secondary N) is 1. The standard InChI is InChI=1S/C25H30N6O5/c1-4-22(24-27-28-29-31(24)16-23(32)35-6-3)30(15-20-8-7-11-36-20)14-18-12-17-13-19(34-5-2)9-10-21(17)26-25(18)33/h7-13,22H,4-6,14-16H2,1-3H3,(H,26,33)/t22-/m1/s1. The van der Waals surface area contributed by atoms with Crippen molar-refractivity contribution in [3.63, 3.8) is 0 Å². The van der Waals surface area contributed by atoms with Gasteiger partial charge in [0.1, 0.15) is 18.1 Å². The van der Waals surface area contributed by atoms with E-state index in [1.807, 2.05) is 50.2 Å². The zero-order valence-corrected chi connectivity index (χ0v) is 20.6. The molecule has 0 aliphatic rings. The fraction of sp³-hybridized carbons (Fsp3) is 0.400. The molecule has 1 aromatic carbocycles. The van der Waals surface area contributed by atoms with Crippen molar-refractivity contribution in [2.24, 2.45) is 0 Å². The van der Waals surface area contributed by atoms with Crippen LogP contribution in [0.4, 0.5) is 0 Å². The van der Waals surface area contributed by atoms with E-state index >= 15 is 0 Å². The number of benzene rings is 1. The fourth-order valence-electron chi connectivity index (χ4n) is 4.20. The molecule has 11 nitrogen and oxygen atoms in total. The van der Waals surface area contributed by atoms with E-state index in [1.165, 1.54) is 4.68 Å². The molecule has 0 aliphatic carbocycles. The van der Waals surface area contributed by atoms with Gasteiger partial charge in [-0.2, -0.15) is 0 Å². The Bertz CT molecular complexity index is 1350. The summed E-state index contributed by atoms with van der Waals surface area (Å²) in [6.07, 6.45) is 2.24. The molecule has 0 amide bonds. The molecule has 3 aromatic heterocycles. The predicted molar refractivity (Wildman–Crippen MR) is 131 cm³/mol. The predicted octanol–water partition coefficient (Wildman–Crippen LogP) is 3.22. The van der Waals surface area contributed by atoms with Gasteiger partial charge >= 0.3 is 5.97 Å². The van der Waals surface area contributed by atoms with E-state index in [9.17, 15) is 9.59 Å². The van der Waals surface area contributed by atoms with Crippen molar-refractivity contribution in [2.45, 2.75) is 52.9 Å². The van der Waals surface area contributed by atoms with E-state index in [4.69, 9.17) is 13.9 Å². The van der Waals surface area contributed by atoms with Crippen molar-refractivity contribution in [3.05, 3.63) is 70.2 Å². The Kier molecular flexibility index (Phi) is 8.11. The minimum absolute atomic E-state index is 0.0992. The monoisotopic (exact) mass is 494 g/mol. The number of fused-ring (bicyclic) bond motifs is 1. The molecule has 0 unspecified atom stereocenters. The first-order valence-electron chi connectivity index (χ1n) is 12.0. The largest absolute Gasteiger partial charge is 0.494 e. The van der Waals surface area contributed by atoms with Crippen LogP contribution < -0.4 is 10.3 Å². The number of furan rings is 1. The Morgan fingerprint density at radius 1 is 1.17 bits per heavy atom. The second kappa shape index (κ2) is 11.6. The highest BCUT2D eigenvalue weighted by molar-refractivity contribution is 5.80. The van der Waals surface area contributed by atoms with E-state index in [0.29, 0.717) is 37.5 Å². The lowest BCUT2D eigenvalue weighted by atomic mass is 10.1. The molecule has 0 saturated heterocycles. The molecule has 36 heavy (non-hydrogen) atoms. The molecule has 0 aliphatic heterocycles. The van der Waals surface area contributed by atoms with Crippen molar-refractivity contribution in [1.29, 1.82) is 0 Å². The third kappa shape index (κ3) is 5.80. The zero-order valence-electron chi connectivity index (χ0n) is 20.6. The molecular formula is C25H30N6O5. The number of rotatable bonds is 12. The Morgan fingerprint density at radius 3 is 2.75 bits per heavy atom. The van der Waals surface area contributed by atoms with E-state index in [0.717, 1.165) is 22.4 Å². The van der Waals surface area contributed by atoms with Gasteiger partial charge in [0, 0.05) is 23.0 Å². The Labute approximate surface area is 208 Å². The number of tetrazole rings is 1. The first-order valence-corrected chi connectivity index (χ1v) is 12.0. The first-order chi connectivity index (χ1) is 17.5. The third-order valence-corrected chi connectivity index (χ3v) is 5.79. The number of aromatic amines is 1. The maximum absolute atomic E-state index is 13.0. The number of esters is 1. The summed E-state index contributed by atoms with van der Waals surface area (Å²) in [6.45, 7) is 7.11. The molecule has 190 valence electrons. The molecule has 1 N–H and O–H groups in total. The molecule has 4 aromatic rings. The van der Waals surface area contributed by atoms with Crippen LogP contribution in [0.25, 0.3) is 10.9 Å². The van der Waals surface area contributed by atoms with Gasteiger partial charge in [-0.25, -0.2) is 4.68 Å². The lowest BCUT2D eigenvalue weighted by molar-refractivity contribution is -0.144. The number of aromatic nitrogens is 5. The van der Waals surface area contributed by atoms with Crippen LogP contribution in [-0.2, 0) is 29.2 Å². The van der Waals surface area contributed by atoms with Crippen molar-refractivity contribution in [2.75, 3.05) is 13.2 Å². The van der Waals surface area contributed by atoms with Gasteiger partial charge in [-0.3, -0.25) is 14.5 Å². The van der Waals surface area contributed by atoms with E-state index in [-0.39, 0.29) is 24.8 Å². The van der Waals surface area contributed by atoms with Crippen LogP contribution in [0.5, 0.6) is 5.75 Å². The van der Waals surface area contributed by atoms with Gasteiger partial charge in [0.05, 0.1) is 32.1 Å². The quantitative estimate of drug-likeness (QED) is 0.295. The molecule has 0 radical (unpaired) electrons. The Hall–Kier alpha value is -3.99. The molecule has 0 bridgehead atoms. The Balaban J connectivity index is 1.69. The summed E-state index contributed by atoms with van der Waals surface area (Å²) in [4.78, 5) is 30.2. The molecule has 4 rings (SSSR count). The van der Waals surface area contributed by atoms with Crippen LogP contribution in [0, 0.1) is 0 Å². The average Bonchev–Trinajstić information content (AvgIpc) is 3.53. The average molecular weight is 495 g/mol. The summed E-state index contributed by atoms with van der Waals surface area (Å²) in [5, 5.41) is 12.9. The van der Waals surface area contributed by atoms with Crippen molar-refractivity contribution in [1.82, 2.24) is 30.1 Å². The van der Waals surface area contributed by atoms with Gasteiger partial charge in [-0.05, 0) is 67.1 Å².